The van der Waals surface area contributed by atoms with Crippen LogP contribution in [-0.2, 0) is 14.4 Å². The van der Waals surface area contributed by atoms with Crippen molar-refractivity contribution < 1.29 is 19.5 Å². The minimum atomic E-state index is -0.850. The van der Waals surface area contributed by atoms with Gasteiger partial charge in [-0.2, -0.15) is 0 Å². The highest BCUT2D eigenvalue weighted by atomic mass is 16.4. The van der Waals surface area contributed by atoms with Crippen LogP contribution >= 0.6 is 0 Å². The standard InChI is InChI=1S/C19H24N2O4/c1-12-5-6-13(2)16(8-12)21-11-15(9-17(21)22)18(23)20-7-3-4-14(10-20)19(24)25/h5-6,8,14-15H,3-4,7,9-11H2,1-2H3,(H,24,25)/t14-,15+/m1/s1. The molecular weight excluding hydrogens is 320 g/mol. The van der Waals surface area contributed by atoms with Gasteiger partial charge < -0.3 is 14.9 Å². The highest BCUT2D eigenvalue weighted by Crippen LogP contribution is 2.30. The number of carbonyl (C=O) groups is 3. The summed E-state index contributed by atoms with van der Waals surface area (Å²) in [4.78, 5) is 39.8. The van der Waals surface area contributed by atoms with Crippen molar-refractivity contribution in [3.63, 3.8) is 0 Å². The van der Waals surface area contributed by atoms with Gasteiger partial charge in [-0.05, 0) is 43.9 Å². The number of anilines is 1. The maximum absolute atomic E-state index is 12.8. The lowest BCUT2D eigenvalue weighted by atomic mass is 9.96. The van der Waals surface area contributed by atoms with Gasteiger partial charge >= 0.3 is 5.97 Å². The second-order valence-electron chi connectivity index (χ2n) is 7.16. The van der Waals surface area contributed by atoms with E-state index in [1.165, 1.54) is 0 Å². The van der Waals surface area contributed by atoms with E-state index in [1.54, 1.807) is 9.80 Å². The van der Waals surface area contributed by atoms with E-state index in [2.05, 4.69) is 0 Å². The van der Waals surface area contributed by atoms with Crippen LogP contribution in [-0.4, -0.2) is 47.4 Å². The second kappa shape index (κ2) is 6.86. The molecule has 0 bridgehead atoms. The number of aryl methyl sites for hydroxylation is 2. The van der Waals surface area contributed by atoms with Gasteiger partial charge in [0.1, 0.15) is 0 Å². The number of nitrogens with zero attached hydrogens (tertiary/aromatic N) is 2. The van der Waals surface area contributed by atoms with Crippen LogP contribution in [0.15, 0.2) is 18.2 Å². The highest BCUT2D eigenvalue weighted by Gasteiger charge is 2.39. The predicted molar refractivity (Wildman–Crippen MR) is 93.3 cm³/mol. The molecule has 1 N–H and O–H groups in total. The maximum atomic E-state index is 12.8. The van der Waals surface area contributed by atoms with Gasteiger partial charge in [0.2, 0.25) is 11.8 Å². The van der Waals surface area contributed by atoms with Gasteiger partial charge in [-0.25, -0.2) is 0 Å². The summed E-state index contributed by atoms with van der Waals surface area (Å²) in [5, 5.41) is 9.19. The summed E-state index contributed by atoms with van der Waals surface area (Å²) in [5.41, 5.74) is 2.95. The van der Waals surface area contributed by atoms with Crippen LogP contribution in [0.2, 0.25) is 0 Å². The molecule has 3 rings (SSSR count). The number of rotatable bonds is 3. The minimum absolute atomic E-state index is 0.0427. The SMILES string of the molecule is Cc1ccc(C)c(N2C[C@@H](C(=O)N3CCC[C@@H](C(=O)O)C3)CC2=O)c1. The third kappa shape index (κ3) is 3.52. The van der Waals surface area contributed by atoms with E-state index in [9.17, 15) is 19.5 Å². The number of carboxylic acids is 1. The first kappa shape index (κ1) is 17.5. The van der Waals surface area contributed by atoms with E-state index >= 15 is 0 Å². The van der Waals surface area contributed by atoms with E-state index < -0.39 is 11.9 Å². The fourth-order valence-electron chi connectivity index (χ4n) is 3.75. The Morgan fingerprint density at radius 2 is 1.92 bits per heavy atom. The number of aliphatic carboxylic acids is 1. The minimum Gasteiger partial charge on any atom is -0.481 e. The Kier molecular flexibility index (Phi) is 4.79. The van der Waals surface area contributed by atoms with Gasteiger partial charge in [-0.1, -0.05) is 12.1 Å². The Labute approximate surface area is 147 Å². The van der Waals surface area contributed by atoms with Gasteiger partial charge in [0.05, 0.1) is 11.8 Å². The van der Waals surface area contributed by atoms with Crippen molar-refractivity contribution in [2.45, 2.75) is 33.1 Å². The van der Waals surface area contributed by atoms with Gasteiger partial charge in [-0.3, -0.25) is 14.4 Å². The van der Waals surface area contributed by atoms with Crippen molar-refractivity contribution >= 4 is 23.5 Å². The summed E-state index contributed by atoms with van der Waals surface area (Å²) >= 11 is 0. The summed E-state index contributed by atoms with van der Waals surface area (Å²) in [7, 11) is 0. The Balaban J connectivity index is 1.72. The quantitative estimate of drug-likeness (QED) is 0.909. The lowest BCUT2D eigenvalue weighted by Crippen LogP contribution is -2.45. The van der Waals surface area contributed by atoms with Gasteiger partial charge in [-0.15, -0.1) is 0 Å². The van der Waals surface area contributed by atoms with E-state index in [4.69, 9.17) is 0 Å². The van der Waals surface area contributed by atoms with Crippen LogP contribution in [0.1, 0.15) is 30.4 Å². The number of hydrogen-bond acceptors (Lipinski definition) is 3. The van der Waals surface area contributed by atoms with Gasteiger partial charge in [0.15, 0.2) is 0 Å². The van der Waals surface area contributed by atoms with Crippen LogP contribution in [0.5, 0.6) is 0 Å². The molecule has 0 aliphatic carbocycles. The number of piperidine rings is 1. The first-order chi connectivity index (χ1) is 11.9. The van der Waals surface area contributed by atoms with E-state index in [0.29, 0.717) is 25.9 Å². The molecule has 2 aliphatic rings. The number of hydrogen-bond donors (Lipinski definition) is 1. The summed E-state index contributed by atoms with van der Waals surface area (Å²) in [6, 6.07) is 5.96. The molecule has 0 spiro atoms. The van der Waals surface area contributed by atoms with Crippen LogP contribution in [0.4, 0.5) is 5.69 Å². The number of likely N-dealkylation sites (tertiary alicyclic amines) is 1. The number of carboxylic acid groups (broad SMARTS) is 1. The van der Waals surface area contributed by atoms with E-state index in [-0.39, 0.29) is 30.7 Å². The van der Waals surface area contributed by atoms with Crippen molar-refractivity contribution in [2.24, 2.45) is 11.8 Å². The first-order valence-electron chi connectivity index (χ1n) is 8.76. The topological polar surface area (TPSA) is 77.9 Å². The molecular formula is C19H24N2O4. The Hall–Kier alpha value is -2.37. The summed E-state index contributed by atoms with van der Waals surface area (Å²) in [6.45, 7) is 5.14. The summed E-state index contributed by atoms with van der Waals surface area (Å²) in [6.07, 6.45) is 1.50. The molecule has 2 aliphatic heterocycles. The maximum Gasteiger partial charge on any atom is 0.308 e. The molecule has 0 saturated carbocycles. The zero-order valence-corrected chi connectivity index (χ0v) is 14.7. The molecule has 25 heavy (non-hydrogen) atoms. The molecule has 0 aromatic heterocycles. The molecule has 2 saturated heterocycles. The fourth-order valence-corrected chi connectivity index (χ4v) is 3.75. The van der Waals surface area contributed by atoms with Crippen LogP contribution < -0.4 is 4.90 Å². The van der Waals surface area contributed by atoms with Gasteiger partial charge in [0, 0.05) is 31.7 Å². The monoisotopic (exact) mass is 344 g/mol. The van der Waals surface area contributed by atoms with Crippen molar-refractivity contribution in [3.05, 3.63) is 29.3 Å². The molecule has 6 nitrogen and oxygen atoms in total. The van der Waals surface area contributed by atoms with E-state index in [1.807, 2.05) is 32.0 Å². The third-order valence-electron chi connectivity index (χ3n) is 5.21. The number of amides is 2. The Morgan fingerprint density at radius 1 is 1.16 bits per heavy atom. The average Bonchev–Trinajstić information content (AvgIpc) is 2.98. The molecule has 2 atom stereocenters. The normalized spacial score (nSPS) is 23.8. The number of benzene rings is 1. The smallest absolute Gasteiger partial charge is 0.308 e. The molecule has 1 aromatic rings. The predicted octanol–water partition coefficient (Wildman–Crippen LogP) is 1.98. The van der Waals surface area contributed by atoms with Crippen molar-refractivity contribution in [1.29, 1.82) is 0 Å². The van der Waals surface area contributed by atoms with Crippen molar-refractivity contribution in [2.75, 3.05) is 24.5 Å². The summed E-state index contributed by atoms with van der Waals surface area (Å²) in [5.74, 6) is -1.87. The lowest BCUT2D eigenvalue weighted by molar-refractivity contribution is -0.146. The molecule has 6 heteroatoms. The van der Waals surface area contributed by atoms with Crippen molar-refractivity contribution in [3.8, 4) is 0 Å². The fraction of sp³-hybridized carbons (Fsp3) is 0.526. The van der Waals surface area contributed by atoms with Crippen LogP contribution in [0, 0.1) is 25.7 Å². The van der Waals surface area contributed by atoms with Crippen LogP contribution in [0.3, 0.4) is 0 Å². The summed E-state index contributed by atoms with van der Waals surface area (Å²) < 4.78 is 0. The van der Waals surface area contributed by atoms with Crippen LogP contribution in [0.25, 0.3) is 0 Å². The van der Waals surface area contributed by atoms with Gasteiger partial charge in [0.25, 0.3) is 0 Å². The Morgan fingerprint density at radius 3 is 2.64 bits per heavy atom. The molecule has 2 fully saturated rings. The average molecular weight is 344 g/mol. The van der Waals surface area contributed by atoms with E-state index in [0.717, 1.165) is 16.8 Å². The first-order valence-corrected chi connectivity index (χ1v) is 8.76. The highest BCUT2D eigenvalue weighted by molar-refractivity contribution is 6.01. The third-order valence-corrected chi connectivity index (χ3v) is 5.21. The molecule has 2 amide bonds. The molecule has 2 heterocycles. The molecule has 0 radical (unpaired) electrons. The molecule has 0 unspecified atom stereocenters. The largest absolute Gasteiger partial charge is 0.481 e. The zero-order chi connectivity index (χ0) is 18.1. The molecule has 1 aromatic carbocycles. The van der Waals surface area contributed by atoms with Crippen molar-refractivity contribution in [1.82, 2.24) is 4.90 Å². The lowest BCUT2D eigenvalue weighted by Gasteiger charge is -2.32. The number of carbonyl (C=O) groups excluding carboxylic acids is 2. The Bertz CT molecular complexity index is 715. The molecule has 134 valence electrons. The zero-order valence-electron chi connectivity index (χ0n) is 14.7. The second-order valence-corrected chi connectivity index (χ2v) is 7.16.